The topological polar surface area (TPSA) is 50.3 Å². The van der Waals surface area contributed by atoms with Crippen molar-refractivity contribution in [3.63, 3.8) is 0 Å². The molecule has 142 valence electrons. The molecule has 2 aliphatic rings. The molecule has 1 N–H and O–H groups in total. The second-order valence-corrected chi connectivity index (χ2v) is 6.89. The van der Waals surface area contributed by atoms with Crippen molar-refractivity contribution in [3.8, 4) is 0 Å². The fourth-order valence-electron chi connectivity index (χ4n) is 3.57. The van der Waals surface area contributed by atoms with Crippen LogP contribution in [0.5, 0.6) is 0 Å². The summed E-state index contributed by atoms with van der Waals surface area (Å²) in [6.07, 6.45) is 0.833. The normalized spacial score (nSPS) is 26.8. The van der Waals surface area contributed by atoms with Gasteiger partial charge in [0.15, 0.2) is 0 Å². The Balaban J connectivity index is 0.00000139. The van der Waals surface area contributed by atoms with Gasteiger partial charge in [0.25, 0.3) is 0 Å². The summed E-state index contributed by atoms with van der Waals surface area (Å²) in [6, 6.07) is 0.776. The zero-order valence-corrected chi connectivity index (χ0v) is 16.4. The summed E-state index contributed by atoms with van der Waals surface area (Å²) in [6.45, 7) is 15.8. The van der Waals surface area contributed by atoms with E-state index in [1.54, 1.807) is 0 Å². The highest BCUT2D eigenvalue weighted by Crippen LogP contribution is 2.16. The van der Waals surface area contributed by atoms with Crippen LogP contribution in [0.1, 0.15) is 34.1 Å². The van der Waals surface area contributed by atoms with E-state index in [-0.39, 0.29) is 12.5 Å². The van der Waals surface area contributed by atoms with Gasteiger partial charge in [-0.05, 0) is 27.3 Å². The number of carbonyl (C=O) groups excluding carboxylic acids is 1. The first-order chi connectivity index (χ1) is 11.5. The average Bonchev–Trinajstić information content (AvgIpc) is 2.58. The van der Waals surface area contributed by atoms with Crippen LogP contribution in [0.2, 0.25) is 0 Å². The molecule has 0 aromatic rings. The van der Waals surface area contributed by atoms with E-state index in [0.717, 1.165) is 52.2 Å². The van der Waals surface area contributed by atoms with Crippen molar-refractivity contribution in [2.24, 2.45) is 0 Å². The number of piperazine rings is 2. The summed E-state index contributed by atoms with van der Waals surface area (Å²) in [5, 5.41) is 8.97. The third-order valence-corrected chi connectivity index (χ3v) is 4.98. The highest BCUT2D eigenvalue weighted by molar-refractivity contribution is 5.78. The molecule has 0 aromatic heterocycles. The van der Waals surface area contributed by atoms with E-state index in [1.807, 2.05) is 18.7 Å². The quantitative estimate of drug-likeness (QED) is 0.791. The minimum absolute atomic E-state index is 0.255. The van der Waals surface area contributed by atoms with Crippen LogP contribution >= 0.6 is 0 Å². The van der Waals surface area contributed by atoms with Gasteiger partial charge in [-0.1, -0.05) is 13.8 Å². The predicted molar refractivity (Wildman–Crippen MR) is 99.2 cm³/mol. The van der Waals surface area contributed by atoms with Gasteiger partial charge in [0, 0.05) is 64.5 Å². The Hall–Kier alpha value is -0.690. The number of aliphatic hydroxyl groups excluding tert-OH is 1. The molecule has 0 bridgehead atoms. The molecule has 2 unspecified atom stereocenters. The number of amides is 1. The fourth-order valence-corrected chi connectivity index (χ4v) is 3.57. The minimum atomic E-state index is 0.255. The van der Waals surface area contributed by atoms with E-state index in [4.69, 9.17) is 5.11 Å². The summed E-state index contributed by atoms with van der Waals surface area (Å²) in [5.41, 5.74) is 0. The van der Waals surface area contributed by atoms with Crippen molar-refractivity contribution < 1.29 is 9.90 Å². The van der Waals surface area contributed by atoms with Crippen molar-refractivity contribution in [3.05, 3.63) is 0 Å². The largest absolute Gasteiger partial charge is 0.396 e. The van der Waals surface area contributed by atoms with E-state index < -0.39 is 0 Å². The Morgan fingerprint density at radius 3 is 2.08 bits per heavy atom. The lowest BCUT2D eigenvalue weighted by Gasteiger charge is -2.45. The maximum atomic E-state index is 12.5. The molecule has 0 spiro atoms. The van der Waals surface area contributed by atoms with Gasteiger partial charge in [-0.25, -0.2) is 0 Å². The van der Waals surface area contributed by atoms with Gasteiger partial charge < -0.3 is 19.8 Å². The van der Waals surface area contributed by atoms with Crippen molar-refractivity contribution in [2.75, 3.05) is 66.0 Å². The van der Waals surface area contributed by atoms with E-state index in [1.165, 1.54) is 0 Å². The highest BCUT2D eigenvalue weighted by Gasteiger charge is 2.31. The molecule has 2 rings (SSSR count). The molecule has 2 aliphatic heterocycles. The van der Waals surface area contributed by atoms with Crippen LogP contribution in [0.25, 0.3) is 0 Å². The van der Waals surface area contributed by atoms with Crippen molar-refractivity contribution in [1.82, 2.24) is 19.6 Å². The highest BCUT2D eigenvalue weighted by atomic mass is 16.3. The third-order valence-electron chi connectivity index (χ3n) is 4.98. The van der Waals surface area contributed by atoms with E-state index >= 15 is 0 Å². The van der Waals surface area contributed by atoms with E-state index in [2.05, 4.69) is 35.6 Å². The molecule has 1 amide bonds. The predicted octanol–water partition coefficient (Wildman–Crippen LogP) is 0.564. The molecule has 0 aliphatic carbocycles. The lowest BCUT2D eigenvalue weighted by molar-refractivity contribution is -0.136. The molecule has 0 aromatic carbocycles. The van der Waals surface area contributed by atoms with Gasteiger partial charge in [-0.3, -0.25) is 9.69 Å². The molecule has 2 heterocycles. The molecule has 2 saturated heterocycles. The average molecular weight is 343 g/mol. The van der Waals surface area contributed by atoms with Crippen LogP contribution < -0.4 is 0 Å². The monoisotopic (exact) mass is 342 g/mol. The molecule has 6 nitrogen and oxygen atoms in total. The van der Waals surface area contributed by atoms with Crippen LogP contribution in [0.3, 0.4) is 0 Å². The van der Waals surface area contributed by atoms with Crippen LogP contribution in [0.4, 0.5) is 0 Å². The van der Waals surface area contributed by atoms with Gasteiger partial charge in [-0.15, -0.1) is 0 Å². The third kappa shape index (κ3) is 6.31. The van der Waals surface area contributed by atoms with E-state index in [9.17, 15) is 4.79 Å². The van der Waals surface area contributed by atoms with Crippen molar-refractivity contribution in [2.45, 2.75) is 46.2 Å². The fraction of sp³-hybridized carbons (Fsp3) is 0.944. The molecule has 0 radical (unpaired) electrons. The standard InChI is InChI=1S/C16H32N4O2.C2H6/c1-14-11-18(5-4-10-21)12-15(2)20(14)13-16(22)19-8-6-17(3)7-9-19;1-2/h14-15,21H,4-13H2,1-3H3;1-2H3. The maximum absolute atomic E-state index is 12.5. The number of likely N-dealkylation sites (N-methyl/N-ethyl adjacent to an activating group) is 1. The van der Waals surface area contributed by atoms with Gasteiger partial charge >= 0.3 is 0 Å². The van der Waals surface area contributed by atoms with Gasteiger partial charge in [-0.2, -0.15) is 0 Å². The Kier molecular flexibility index (Phi) is 9.81. The summed E-state index contributed by atoms with van der Waals surface area (Å²) in [5.74, 6) is 0.274. The summed E-state index contributed by atoms with van der Waals surface area (Å²) in [4.78, 5) is 21.6. The molecular formula is C18H38N4O2. The van der Waals surface area contributed by atoms with Gasteiger partial charge in [0.05, 0.1) is 6.54 Å². The first-order valence-corrected chi connectivity index (χ1v) is 9.56. The lowest BCUT2D eigenvalue weighted by Crippen LogP contribution is -2.59. The number of aliphatic hydroxyl groups is 1. The number of nitrogens with zero attached hydrogens (tertiary/aromatic N) is 4. The summed E-state index contributed by atoms with van der Waals surface area (Å²) < 4.78 is 0. The number of rotatable bonds is 5. The minimum Gasteiger partial charge on any atom is -0.396 e. The molecular weight excluding hydrogens is 304 g/mol. The van der Waals surface area contributed by atoms with Gasteiger partial charge in [0.2, 0.25) is 5.91 Å². The van der Waals surface area contributed by atoms with E-state index in [0.29, 0.717) is 18.6 Å². The lowest BCUT2D eigenvalue weighted by atomic mass is 10.1. The first-order valence-electron chi connectivity index (χ1n) is 9.56. The zero-order chi connectivity index (χ0) is 18.1. The maximum Gasteiger partial charge on any atom is 0.236 e. The first kappa shape index (κ1) is 21.4. The second kappa shape index (κ2) is 11.0. The van der Waals surface area contributed by atoms with Crippen molar-refractivity contribution in [1.29, 1.82) is 0 Å². The summed E-state index contributed by atoms with van der Waals surface area (Å²) in [7, 11) is 2.11. The molecule has 2 fully saturated rings. The SMILES string of the molecule is CC.CC1CN(CCCO)CC(C)N1CC(=O)N1CCN(C)CC1. The number of carbonyl (C=O) groups is 1. The molecule has 0 saturated carbocycles. The van der Waals surface area contributed by atoms with Crippen LogP contribution in [0.15, 0.2) is 0 Å². The number of hydrogen-bond donors (Lipinski definition) is 1. The molecule has 24 heavy (non-hydrogen) atoms. The number of hydrogen-bond acceptors (Lipinski definition) is 5. The Labute approximate surface area is 148 Å². The Morgan fingerprint density at radius 2 is 1.58 bits per heavy atom. The van der Waals surface area contributed by atoms with Gasteiger partial charge in [0.1, 0.15) is 0 Å². The van der Waals surface area contributed by atoms with Crippen LogP contribution in [-0.4, -0.2) is 109 Å². The van der Waals surface area contributed by atoms with Crippen molar-refractivity contribution >= 4 is 5.91 Å². The van der Waals surface area contributed by atoms with Crippen LogP contribution in [-0.2, 0) is 4.79 Å². The molecule has 2 atom stereocenters. The Bertz CT molecular complexity index is 347. The smallest absolute Gasteiger partial charge is 0.236 e. The Morgan fingerprint density at radius 1 is 1.04 bits per heavy atom. The second-order valence-electron chi connectivity index (χ2n) is 6.89. The van der Waals surface area contributed by atoms with Crippen LogP contribution in [0, 0.1) is 0 Å². The zero-order valence-electron chi connectivity index (χ0n) is 16.4. The summed E-state index contributed by atoms with van der Waals surface area (Å²) >= 11 is 0. The molecule has 6 heteroatoms.